The molecule has 32 heavy (non-hydrogen) atoms. The molecule has 1 fully saturated rings. The van der Waals surface area contributed by atoms with Crippen molar-refractivity contribution in [1.82, 2.24) is 0 Å². The first-order chi connectivity index (χ1) is 15.2. The van der Waals surface area contributed by atoms with Crippen molar-refractivity contribution in [3.8, 4) is 0 Å². The predicted molar refractivity (Wildman–Crippen MR) is 113 cm³/mol. The number of unbranched alkanes of at least 4 members (excludes halogenated alkanes) is 11. The summed E-state index contributed by atoms with van der Waals surface area (Å²) in [5.74, 6) is -2.92. The molecule has 0 aromatic carbocycles. The number of aliphatic carboxylic acids is 2. The molecule has 0 saturated carbocycles. The molecule has 1 aliphatic heterocycles. The zero-order valence-electron chi connectivity index (χ0n) is 18.6. The van der Waals surface area contributed by atoms with Gasteiger partial charge in [0.2, 0.25) is 6.29 Å². The first-order valence-electron chi connectivity index (χ1n) is 11.6. The number of carboxylic acid groups (broad SMARTS) is 2. The summed E-state index contributed by atoms with van der Waals surface area (Å²) in [6.45, 7) is 0. The van der Waals surface area contributed by atoms with Crippen LogP contribution in [-0.2, 0) is 23.9 Å². The molecule has 10 heteroatoms. The summed E-state index contributed by atoms with van der Waals surface area (Å²) in [5.41, 5.74) is 0. The largest absolute Gasteiger partial charge is 0.481 e. The highest BCUT2D eigenvalue weighted by Gasteiger charge is 2.48. The van der Waals surface area contributed by atoms with Gasteiger partial charge in [-0.15, -0.1) is 0 Å². The van der Waals surface area contributed by atoms with E-state index in [0.717, 1.165) is 57.8 Å². The van der Waals surface area contributed by atoms with Crippen LogP contribution >= 0.6 is 0 Å². The third-order valence-electron chi connectivity index (χ3n) is 5.58. The summed E-state index contributed by atoms with van der Waals surface area (Å²) in [7, 11) is 0. The van der Waals surface area contributed by atoms with Gasteiger partial charge in [-0.1, -0.05) is 64.2 Å². The number of ether oxygens (including phenoxy) is 2. The van der Waals surface area contributed by atoms with Gasteiger partial charge in [-0.25, -0.2) is 4.79 Å². The first kappa shape index (κ1) is 28.3. The number of carbonyl (C=O) groups excluding carboxylic acids is 1. The van der Waals surface area contributed by atoms with Gasteiger partial charge in [-0.2, -0.15) is 0 Å². The average molecular weight is 463 g/mol. The maximum atomic E-state index is 11.9. The lowest BCUT2D eigenvalue weighted by atomic mass is 9.99. The summed E-state index contributed by atoms with van der Waals surface area (Å²) in [6, 6.07) is 0. The Morgan fingerprint density at radius 3 is 1.50 bits per heavy atom. The first-order valence-corrected chi connectivity index (χ1v) is 11.6. The van der Waals surface area contributed by atoms with Gasteiger partial charge in [0.15, 0.2) is 6.10 Å². The molecule has 1 unspecified atom stereocenters. The molecule has 0 aromatic heterocycles. The highest BCUT2D eigenvalue weighted by Crippen LogP contribution is 2.23. The van der Waals surface area contributed by atoms with Gasteiger partial charge >= 0.3 is 17.9 Å². The van der Waals surface area contributed by atoms with Gasteiger partial charge in [-0.3, -0.25) is 9.59 Å². The molecule has 0 bridgehead atoms. The number of rotatable bonds is 17. The molecule has 0 spiro atoms. The van der Waals surface area contributed by atoms with Gasteiger partial charge in [0.1, 0.15) is 18.3 Å². The Morgan fingerprint density at radius 2 is 1.06 bits per heavy atom. The molecule has 1 saturated heterocycles. The number of esters is 1. The lowest BCUT2D eigenvalue weighted by Gasteiger charge is -2.37. The summed E-state index contributed by atoms with van der Waals surface area (Å²) >= 11 is 0. The van der Waals surface area contributed by atoms with Gasteiger partial charge in [0.05, 0.1) is 0 Å². The smallest absolute Gasteiger partial charge is 0.335 e. The lowest BCUT2D eigenvalue weighted by molar-refractivity contribution is -0.286. The van der Waals surface area contributed by atoms with E-state index >= 15 is 0 Å². The molecule has 0 radical (unpaired) electrons. The minimum Gasteiger partial charge on any atom is -0.481 e. The molecule has 1 rings (SSSR count). The van der Waals surface area contributed by atoms with Crippen LogP contribution in [0.3, 0.4) is 0 Å². The van der Waals surface area contributed by atoms with Crippen molar-refractivity contribution in [2.75, 3.05) is 0 Å². The van der Waals surface area contributed by atoms with Crippen molar-refractivity contribution >= 4 is 17.9 Å². The van der Waals surface area contributed by atoms with E-state index in [4.69, 9.17) is 19.7 Å². The fourth-order valence-corrected chi connectivity index (χ4v) is 3.65. The van der Waals surface area contributed by atoms with E-state index in [1.807, 2.05) is 0 Å². The Hall–Kier alpha value is -1.75. The molecule has 0 aromatic rings. The number of hydrogen-bond acceptors (Lipinski definition) is 8. The molecule has 0 amide bonds. The third kappa shape index (κ3) is 11.2. The molecule has 0 aliphatic carbocycles. The van der Waals surface area contributed by atoms with E-state index in [2.05, 4.69) is 0 Å². The van der Waals surface area contributed by atoms with Gasteiger partial charge in [0.25, 0.3) is 0 Å². The molecular weight excluding hydrogens is 424 g/mol. The van der Waals surface area contributed by atoms with Crippen LogP contribution in [0.2, 0.25) is 0 Å². The van der Waals surface area contributed by atoms with Crippen molar-refractivity contribution in [3.63, 3.8) is 0 Å². The highest BCUT2D eigenvalue weighted by atomic mass is 16.7. The SMILES string of the molecule is O=C(O)CCCCCCCCCCCCCCC(=O)OC1O[C@H](C(=O)O)[C@@H](O)[C@H](O)[C@H]1O. The van der Waals surface area contributed by atoms with Gasteiger partial charge in [-0.05, 0) is 12.8 Å². The van der Waals surface area contributed by atoms with Crippen LogP contribution in [0.25, 0.3) is 0 Å². The van der Waals surface area contributed by atoms with E-state index < -0.39 is 48.6 Å². The van der Waals surface area contributed by atoms with E-state index in [-0.39, 0.29) is 12.8 Å². The van der Waals surface area contributed by atoms with Crippen molar-refractivity contribution in [3.05, 3.63) is 0 Å². The standard InChI is InChI=1S/C22H38O10/c23-15(24)13-11-9-7-5-3-1-2-4-6-8-10-12-14-16(25)31-22-19(28)17(26)18(27)20(32-22)21(29)30/h17-20,22,26-28H,1-14H2,(H,23,24)(H,29,30)/t17-,18-,19+,20-,22?/m0/s1. The molecular formula is C22H38O10. The van der Waals surface area contributed by atoms with Crippen molar-refractivity contribution in [2.45, 2.75) is 121 Å². The number of aliphatic hydroxyl groups excluding tert-OH is 3. The molecule has 1 aliphatic rings. The quantitative estimate of drug-likeness (QED) is 0.159. The van der Waals surface area contributed by atoms with E-state index in [9.17, 15) is 29.7 Å². The zero-order chi connectivity index (χ0) is 23.9. The van der Waals surface area contributed by atoms with Crippen molar-refractivity contribution < 1.29 is 49.4 Å². The summed E-state index contributed by atoms with van der Waals surface area (Å²) in [5, 5.41) is 46.7. The fraction of sp³-hybridized carbons (Fsp3) is 0.864. The minimum atomic E-state index is -1.82. The molecule has 1 heterocycles. The van der Waals surface area contributed by atoms with Crippen LogP contribution in [0.15, 0.2) is 0 Å². The number of hydrogen-bond donors (Lipinski definition) is 5. The fourth-order valence-electron chi connectivity index (χ4n) is 3.65. The topological polar surface area (TPSA) is 171 Å². The number of carboxylic acids is 2. The second-order valence-electron chi connectivity index (χ2n) is 8.36. The second-order valence-corrected chi connectivity index (χ2v) is 8.36. The molecule has 10 nitrogen and oxygen atoms in total. The average Bonchev–Trinajstić information content (AvgIpc) is 2.73. The van der Waals surface area contributed by atoms with Crippen LogP contribution in [0.4, 0.5) is 0 Å². The maximum Gasteiger partial charge on any atom is 0.335 e. The van der Waals surface area contributed by atoms with Crippen LogP contribution in [0, 0.1) is 0 Å². The number of carbonyl (C=O) groups is 3. The number of aliphatic hydroxyl groups is 3. The molecule has 186 valence electrons. The van der Waals surface area contributed by atoms with E-state index in [0.29, 0.717) is 6.42 Å². The molecule has 5 N–H and O–H groups in total. The van der Waals surface area contributed by atoms with Crippen LogP contribution < -0.4 is 0 Å². The van der Waals surface area contributed by atoms with E-state index in [1.54, 1.807) is 0 Å². The summed E-state index contributed by atoms with van der Waals surface area (Å²) in [4.78, 5) is 33.4. The van der Waals surface area contributed by atoms with Crippen molar-refractivity contribution in [1.29, 1.82) is 0 Å². The highest BCUT2D eigenvalue weighted by molar-refractivity contribution is 5.73. The Labute approximate surface area is 188 Å². The Bertz CT molecular complexity index is 567. The summed E-state index contributed by atoms with van der Waals surface area (Å²) in [6.07, 6.45) is 3.65. The monoisotopic (exact) mass is 462 g/mol. The third-order valence-corrected chi connectivity index (χ3v) is 5.58. The van der Waals surface area contributed by atoms with Crippen LogP contribution in [0.5, 0.6) is 0 Å². The normalized spacial score (nSPS) is 25.4. The molecule has 5 atom stereocenters. The summed E-state index contributed by atoms with van der Waals surface area (Å²) < 4.78 is 9.86. The lowest BCUT2D eigenvalue weighted by Crippen LogP contribution is -2.60. The predicted octanol–water partition coefficient (Wildman–Crippen LogP) is 1.97. The Morgan fingerprint density at radius 1 is 0.625 bits per heavy atom. The van der Waals surface area contributed by atoms with Crippen LogP contribution in [-0.4, -0.2) is 74.1 Å². The second kappa shape index (κ2) is 16.0. The van der Waals surface area contributed by atoms with Gasteiger partial charge in [0, 0.05) is 12.8 Å². The van der Waals surface area contributed by atoms with Gasteiger partial charge < -0.3 is 35.0 Å². The van der Waals surface area contributed by atoms with E-state index in [1.165, 1.54) is 12.8 Å². The minimum absolute atomic E-state index is 0.0881. The maximum absolute atomic E-state index is 11.9. The Balaban J connectivity index is 2.01. The Kier molecular flexibility index (Phi) is 14.1. The van der Waals surface area contributed by atoms with Crippen molar-refractivity contribution in [2.24, 2.45) is 0 Å². The zero-order valence-corrected chi connectivity index (χ0v) is 18.6. The van der Waals surface area contributed by atoms with Crippen LogP contribution in [0.1, 0.15) is 89.9 Å².